The molecule has 0 aliphatic carbocycles. The Morgan fingerprint density at radius 1 is 0.818 bits per heavy atom. The molecule has 0 nitrogen and oxygen atoms in total. The fraction of sp³-hybridized carbons (Fsp3) is 0.400. The van der Waals surface area contributed by atoms with E-state index in [0.29, 0.717) is 10.0 Å². The van der Waals surface area contributed by atoms with E-state index >= 15 is 0 Å². The van der Waals surface area contributed by atoms with Crippen molar-refractivity contribution in [1.29, 1.82) is 0 Å². The SMILES string of the molecule is CC.CCCc1ccc(Cl)c(Cl)c1.CCc1cccc(C)c1. The maximum Gasteiger partial charge on any atom is 0.0595 e. The van der Waals surface area contributed by atoms with Crippen molar-refractivity contribution in [3.05, 3.63) is 69.2 Å². The zero-order valence-electron chi connectivity index (χ0n) is 14.4. The standard InChI is InChI=1S/C9H10Cl2.C9H12.C2H6/c1-2-3-7-4-5-8(10)9(11)6-7;1-3-9-6-4-5-8(2)7-9;1-2/h4-6H,2-3H2,1H3;4-7H,3H2,1-2H3;1-2H3. The number of halogens is 2. The van der Waals surface area contributed by atoms with Crippen molar-refractivity contribution in [3.63, 3.8) is 0 Å². The molecule has 0 aliphatic rings. The lowest BCUT2D eigenvalue weighted by Gasteiger charge is -1.99. The van der Waals surface area contributed by atoms with Crippen LogP contribution >= 0.6 is 23.2 Å². The van der Waals surface area contributed by atoms with Gasteiger partial charge in [0.15, 0.2) is 0 Å². The number of benzene rings is 2. The normalized spacial score (nSPS) is 9.23. The van der Waals surface area contributed by atoms with Crippen LogP contribution in [0.1, 0.15) is 50.8 Å². The van der Waals surface area contributed by atoms with Crippen LogP contribution in [0.5, 0.6) is 0 Å². The summed E-state index contributed by atoms with van der Waals surface area (Å²) in [5.74, 6) is 0. The summed E-state index contributed by atoms with van der Waals surface area (Å²) < 4.78 is 0. The lowest BCUT2D eigenvalue weighted by atomic mass is 10.1. The molecule has 2 rings (SSSR count). The van der Waals surface area contributed by atoms with Gasteiger partial charge in [0.2, 0.25) is 0 Å². The Balaban J connectivity index is 0.000000366. The first-order valence-corrected chi connectivity index (χ1v) is 8.81. The van der Waals surface area contributed by atoms with Gasteiger partial charge in [0.05, 0.1) is 10.0 Å². The lowest BCUT2D eigenvalue weighted by Crippen LogP contribution is -1.81. The molecule has 0 radical (unpaired) electrons. The first kappa shape index (κ1) is 21.0. The minimum Gasteiger partial charge on any atom is -0.0827 e. The third-order valence-electron chi connectivity index (χ3n) is 3.01. The maximum atomic E-state index is 5.82. The number of hydrogen-bond acceptors (Lipinski definition) is 0. The van der Waals surface area contributed by atoms with Crippen molar-refractivity contribution in [2.45, 2.75) is 53.9 Å². The molecule has 0 unspecified atom stereocenters. The van der Waals surface area contributed by atoms with E-state index in [1.165, 1.54) is 16.7 Å². The molecule has 0 heterocycles. The number of aryl methyl sites for hydroxylation is 3. The third-order valence-corrected chi connectivity index (χ3v) is 3.75. The summed E-state index contributed by atoms with van der Waals surface area (Å²) in [7, 11) is 0. The third kappa shape index (κ3) is 8.46. The Morgan fingerprint density at radius 2 is 1.50 bits per heavy atom. The molecule has 0 aliphatic heterocycles. The highest BCUT2D eigenvalue weighted by Gasteiger charge is 1.97. The van der Waals surface area contributed by atoms with Crippen LogP contribution in [0.2, 0.25) is 10.0 Å². The molecule has 2 aromatic carbocycles. The van der Waals surface area contributed by atoms with Gasteiger partial charge in [-0.15, -0.1) is 0 Å². The van der Waals surface area contributed by atoms with E-state index in [-0.39, 0.29) is 0 Å². The van der Waals surface area contributed by atoms with Crippen molar-refractivity contribution < 1.29 is 0 Å². The minimum absolute atomic E-state index is 0.631. The summed E-state index contributed by atoms with van der Waals surface area (Å²) in [6.07, 6.45) is 3.34. The van der Waals surface area contributed by atoms with Gasteiger partial charge in [-0.2, -0.15) is 0 Å². The van der Waals surface area contributed by atoms with Gasteiger partial charge in [-0.1, -0.05) is 93.2 Å². The second-order valence-electron chi connectivity index (χ2n) is 4.84. The second-order valence-corrected chi connectivity index (χ2v) is 5.66. The highest BCUT2D eigenvalue weighted by molar-refractivity contribution is 6.42. The summed E-state index contributed by atoms with van der Waals surface area (Å²) in [6.45, 7) is 10.4. The highest BCUT2D eigenvalue weighted by atomic mass is 35.5. The smallest absolute Gasteiger partial charge is 0.0595 e. The molecule has 0 aromatic heterocycles. The summed E-state index contributed by atoms with van der Waals surface area (Å²) >= 11 is 11.6. The number of rotatable bonds is 3. The van der Waals surface area contributed by atoms with E-state index in [1.54, 1.807) is 0 Å². The van der Waals surface area contributed by atoms with Crippen LogP contribution in [-0.2, 0) is 12.8 Å². The monoisotopic (exact) mass is 338 g/mol. The van der Waals surface area contributed by atoms with Gasteiger partial charge in [0, 0.05) is 0 Å². The first-order chi connectivity index (χ1) is 10.6. The molecule has 122 valence electrons. The van der Waals surface area contributed by atoms with Crippen molar-refractivity contribution in [1.82, 2.24) is 0 Å². The van der Waals surface area contributed by atoms with Crippen LogP contribution < -0.4 is 0 Å². The minimum atomic E-state index is 0.631. The average Bonchev–Trinajstić information content (AvgIpc) is 2.54. The van der Waals surface area contributed by atoms with Crippen molar-refractivity contribution in [3.8, 4) is 0 Å². The molecule has 0 amide bonds. The second kappa shape index (κ2) is 12.6. The Labute approximate surface area is 146 Å². The van der Waals surface area contributed by atoms with Crippen LogP contribution in [0.25, 0.3) is 0 Å². The summed E-state index contributed by atoms with van der Waals surface area (Å²) in [5.41, 5.74) is 4.03. The first-order valence-electron chi connectivity index (χ1n) is 8.06. The molecule has 0 bridgehead atoms. The van der Waals surface area contributed by atoms with E-state index in [0.717, 1.165) is 19.3 Å². The fourth-order valence-electron chi connectivity index (χ4n) is 1.92. The maximum absolute atomic E-state index is 5.82. The van der Waals surface area contributed by atoms with E-state index in [9.17, 15) is 0 Å². The van der Waals surface area contributed by atoms with Crippen LogP contribution in [0.15, 0.2) is 42.5 Å². The Hall–Kier alpha value is -0.980. The lowest BCUT2D eigenvalue weighted by molar-refractivity contribution is 0.922. The Bertz CT molecular complexity index is 533. The van der Waals surface area contributed by atoms with Gasteiger partial charge in [0.25, 0.3) is 0 Å². The van der Waals surface area contributed by atoms with Crippen LogP contribution in [0, 0.1) is 6.92 Å². The van der Waals surface area contributed by atoms with Crippen molar-refractivity contribution in [2.75, 3.05) is 0 Å². The van der Waals surface area contributed by atoms with Gasteiger partial charge in [-0.3, -0.25) is 0 Å². The molecule has 2 aromatic rings. The van der Waals surface area contributed by atoms with Gasteiger partial charge in [-0.25, -0.2) is 0 Å². The molecule has 0 fully saturated rings. The molecular weight excluding hydrogens is 311 g/mol. The predicted molar refractivity (Wildman–Crippen MR) is 102 cm³/mol. The average molecular weight is 339 g/mol. The quantitative estimate of drug-likeness (QED) is 0.542. The van der Waals surface area contributed by atoms with Gasteiger partial charge < -0.3 is 0 Å². The highest BCUT2D eigenvalue weighted by Crippen LogP contribution is 2.22. The van der Waals surface area contributed by atoms with Crippen molar-refractivity contribution >= 4 is 23.2 Å². The summed E-state index contributed by atoms with van der Waals surface area (Å²) in [5, 5.41) is 1.28. The predicted octanol–water partition coefficient (Wildman–Crippen LogP) is 7.53. The molecule has 22 heavy (non-hydrogen) atoms. The van der Waals surface area contributed by atoms with Crippen LogP contribution in [0.3, 0.4) is 0 Å². The van der Waals surface area contributed by atoms with Gasteiger partial charge in [-0.05, 0) is 43.0 Å². The molecule has 0 N–H and O–H groups in total. The zero-order chi connectivity index (χ0) is 17.0. The Morgan fingerprint density at radius 3 is 1.95 bits per heavy atom. The van der Waals surface area contributed by atoms with E-state index in [2.05, 4.69) is 45.0 Å². The van der Waals surface area contributed by atoms with Gasteiger partial charge >= 0.3 is 0 Å². The zero-order valence-corrected chi connectivity index (χ0v) is 15.9. The van der Waals surface area contributed by atoms with E-state index in [4.69, 9.17) is 23.2 Å². The topological polar surface area (TPSA) is 0 Å². The summed E-state index contributed by atoms with van der Waals surface area (Å²) in [6, 6.07) is 14.4. The molecule has 0 saturated carbocycles. The largest absolute Gasteiger partial charge is 0.0827 e. The Kier molecular flexibility index (Phi) is 12.0. The van der Waals surface area contributed by atoms with Gasteiger partial charge in [0.1, 0.15) is 0 Å². The molecule has 0 atom stereocenters. The van der Waals surface area contributed by atoms with E-state index < -0.39 is 0 Å². The van der Waals surface area contributed by atoms with Crippen molar-refractivity contribution in [2.24, 2.45) is 0 Å². The van der Waals surface area contributed by atoms with Crippen LogP contribution in [-0.4, -0.2) is 0 Å². The fourth-order valence-corrected chi connectivity index (χ4v) is 2.24. The van der Waals surface area contributed by atoms with Crippen LogP contribution in [0.4, 0.5) is 0 Å². The molecule has 2 heteroatoms. The molecule has 0 saturated heterocycles. The molecular formula is C20H28Cl2. The number of hydrogen-bond donors (Lipinski definition) is 0. The van der Waals surface area contributed by atoms with E-state index in [1.807, 2.05) is 32.0 Å². The summed E-state index contributed by atoms with van der Waals surface area (Å²) in [4.78, 5) is 0. The molecule has 0 spiro atoms.